The van der Waals surface area contributed by atoms with Crippen LogP contribution in [-0.2, 0) is 11.3 Å². The summed E-state index contributed by atoms with van der Waals surface area (Å²) < 4.78 is 0. The number of amides is 1. The summed E-state index contributed by atoms with van der Waals surface area (Å²) in [6.45, 7) is 4.82. The SMILES string of the molecule is C/C(O)=C(/CC(CO)c1ccc(C#Cc2ccc(CN3CCCC3)cc2)cc1)N=CNC=O. The molecule has 3 rings (SSSR count). The van der Waals surface area contributed by atoms with E-state index in [4.69, 9.17) is 0 Å². The smallest absolute Gasteiger partial charge is 0.212 e. The van der Waals surface area contributed by atoms with Crippen molar-refractivity contribution in [2.45, 2.75) is 38.6 Å². The predicted octanol–water partition coefficient (Wildman–Crippen LogP) is 3.71. The number of benzene rings is 2. The molecule has 1 heterocycles. The van der Waals surface area contributed by atoms with E-state index in [2.05, 4.69) is 51.3 Å². The number of aliphatic hydroxyl groups is 2. The van der Waals surface area contributed by atoms with Gasteiger partial charge < -0.3 is 15.5 Å². The lowest BCUT2D eigenvalue weighted by atomic mass is 9.94. The van der Waals surface area contributed by atoms with Gasteiger partial charge in [0.05, 0.1) is 18.6 Å². The number of rotatable bonds is 9. The van der Waals surface area contributed by atoms with E-state index in [-0.39, 0.29) is 18.3 Å². The third-order valence-corrected chi connectivity index (χ3v) is 5.73. The Morgan fingerprint density at radius 2 is 1.70 bits per heavy atom. The molecule has 0 saturated carbocycles. The first-order chi connectivity index (χ1) is 16.1. The predicted molar refractivity (Wildman–Crippen MR) is 131 cm³/mol. The monoisotopic (exact) mass is 445 g/mol. The Labute approximate surface area is 195 Å². The molecule has 33 heavy (non-hydrogen) atoms. The second kappa shape index (κ2) is 12.6. The molecular weight excluding hydrogens is 414 g/mol. The zero-order chi connectivity index (χ0) is 23.5. The van der Waals surface area contributed by atoms with Crippen LogP contribution in [0.3, 0.4) is 0 Å². The standard InChI is InChI=1S/C27H31N3O3/c1-21(33)27(29-19-28-20-32)16-26(18-31)25-12-10-23(11-13-25)5-4-22-6-8-24(9-7-22)17-30-14-2-3-15-30/h6-13,19-20,26,31,33H,2-3,14-18H2,1H3,(H,28,29,32)/b27-21+. The van der Waals surface area contributed by atoms with Gasteiger partial charge in [0, 0.05) is 30.0 Å². The molecule has 1 unspecified atom stereocenters. The highest BCUT2D eigenvalue weighted by atomic mass is 16.3. The van der Waals surface area contributed by atoms with Gasteiger partial charge in [0.15, 0.2) is 0 Å². The third kappa shape index (κ3) is 7.60. The third-order valence-electron chi connectivity index (χ3n) is 5.73. The highest BCUT2D eigenvalue weighted by molar-refractivity contribution is 5.72. The van der Waals surface area contributed by atoms with Crippen molar-refractivity contribution in [2.75, 3.05) is 19.7 Å². The van der Waals surface area contributed by atoms with Crippen LogP contribution in [-0.4, -0.2) is 47.6 Å². The first-order valence-corrected chi connectivity index (χ1v) is 11.2. The van der Waals surface area contributed by atoms with Crippen molar-refractivity contribution in [3.05, 3.63) is 82.2 Å². The molecular formula is C27H31N3O3. The van der Waals surface area contributed by atoms with Gasteiger partial charge in [-0.1, -0.05) is 36.1 Å². The molecule has 1 amide bonds. The van der Waals surface area contributed by atoms with Crippen molar-refractivity contribution in [1.82, 2.24) is 10.2 Å². The van der Waals surface area contributed by atoms with Gasteiger partial charge in [-0.15, -0.1) is 0 Å². The van der Waals surface area contributed by atoms with Gasteiger partial charge in [0.1, 0.15) is 5.76 Å². The second-order valence-corrected chi connectivity index (χ2v) is 8.21. The number of nitrogens with zero attached hydrogens (tertiary/aromatic N) is 2. The highest BCUT2D eigenvalue weighted by Crippen LogP contribution is 2.25. The molecule has 0 aromatic heterocycles. The summed E-state index contributed by atoms with van der Waals surface area (Å²) in [5.74, 6) is 6.22. The summed E-state index contributed by atoms with van der Waals surface area (Å²) >= 11 is 0. The van der Waals surface area contributed by atoms with Crippen LogP contribution in [0.25, 0.3) is 0 Å². The van der Waals surface area contributed by atoms with Crippen LogP contribution in [0.5, 0.6) is 0 Å². The van der Waals surface area contributed by atoms with Crippen molar-refractivity contribution < 1.29 is 15.0 Å². The molecule has 6 heteroatoms. The fourth-order valence-corrected chi connectivity index (χ4v) is 3.84. The molecule has 0 radical (unpaired) electrons. The summed E-state index contributed by atoms with van der Waals surface area (Å²) in [4.78, 5) is 16.9. The lowest BCUT2D eigenvalue weighted by Crippen LogP contribution is -2.18. The van der Waals surface area contributed by atoms with E-state index in [1.807, 2.05) is 24.3 Å². The van der Waals surface area contributed by atoms with Crippen LogP contribution in [0.2, 0.25) is 0 Å². The summed E-state index contributed by atoms with van der Waals surface area (Å²) in [6.07, 6.45) is 4.65. The molecule has 1 atom stereocenters. The van der Waals surface area contributed by atoms with Crippen molar-refractivity contribution in [3.63, 3.8) is 0 Å². The number of aliphatic hydroxyl groups excluding tert-OH is 2. The van der Waals surface area contributed by atoms with Gasteiger partial charge in [-0.05, 0) is 68.2 Å². The van der Waals surface area contributed by atoms with Gasteiger partial charge in [0.2, 0.25) is 6.41 Å². The van der Waals surface area contributed by atoms with Crippen molar-refractivity contribution in [1.29, 1.82) is 0 Å². The van der Waals surface area contributed by atoms with Gasteiger partial charge in [-0.2, -0.15) is 0 Å². The van der Waals surface area contributed by atoms with E-state index >= 15 is 0 Å². The zero-order valence-electron chi connectivity index (χ0n) is 19.0. The van der Waals surface area contributed by atoms with Crippen LogP contribution in [0.15, 0.2) is 65.0 Å². The molecule has 172 valence electrons. The quantitative estimate of drug-likeness (QED) is 0.181. The zero-order valence-corrected chi connectivity index (χ0v) is 19.0. The Morgan fingerprint density at radius 3 is 2.24 bits per heavy atom. The van der Waals surface area contributed by atoms with E-state index in [1.54, 1.807) is 0 Å². The molecule has 3 N–H and O–H groups in total. The Bertz CT molecular complexity index is 1020. The minimum atomic E-state index is -0.236. The van der Waals surface area contributed by atoms with Gasteiger partial charge in [-0.25, -0.2) is 4.99 Å². The average Bonchev–Trinajstić information content (AvgIpc) is 3.34. The lowest BCUT2D eigenvalue weighted by Gasteiger charge is -2.15. The number of carbonyl (C=O) groups is 1. The van der Waals surface area contributed by atoms with Crippen LogP contribution < -0.4 is 5.32 Å². The van der Waals surface area contributed by atoms with Crippen LogP contribution in [0, 0.1) is 11.8 Å². The van der Waals surface area contributed by atoms with Gasteiger partial charge in [0.25, 0.3) is 0 Å². The summed E-state index contributed by atoms with van der Waals surface area (Å²) in [5, 5.41) is 22.0. The maximum Gasteiger partial charge on any atom is 0.212 e. The molecule has 2 aromatic rings. The number of carbonyl (C=O) groups excluding carboxylic acids is 1. The number of likely N-dealkylation sites (tertiary alicyclic amines) is 1. The van der Waals surface area contributed by atoms with Crippen molar-refractivity contribution in [2.24, 2.45) is 4.99 Å². The highest BCUT2D eigenvalue weighted by Gasteiger charge is 2.14. The molecule has 0 bridgehead atoms. The number of nitrogens with one attached hydrogen (secondary N) is 1. The van der Waals surface area contributed by atoms with E-state index < -0.39 is 0 Å². The maximum atomic E-state index is 10.4. The molecule has 6 nitrogen and oxygen atoms in total. The Morgan fingerprint density at radius 1 is 1.09 bits per heavy atom. The summed E-state index contributed by atoms with van der Waals surface area (Å²) in [5.41, 5.74) is 4.51. The Kier molecular flexibility index (Phi) is 9.25. The second-order valence-electron chi connectivity index (χ2n) is 8.21. The molecule has 0 spiro atoms. The number of aliphatic imine (C=N–C) groups is 1. The number of allylic oxidation sites excluding steroid dienone is 2. The summed E-state index contributed by atoms with van der Waals surface area (Å²) in [6, 6.07) is 16.2. The normalized spacial score (nSPS) is 15.6. The van der Waals surface area contributed by atoms with E-state index in [9.17, 15) is 15.0 Å². The topological polar surface area (TPSA) is 85.2 Å². The number of hydrogen-bond donors (Lipinski definition) is 3. The molecule has 2 aromatic carbocycles. The molecule has 1 aliphatic heterocycles. The van der Waals surface area contributed by atoms with E-state index in [1.165, 1.54) is 44.8 Å². The first-order valence-electron chi connectivity index (χ1n) is 11.2. The fraction of sp³-hybridized carbons (Fsp3) is 0.333. The van der Waals surface area contributed by atoms with Crippen LogP contribution in [0.1, 0.15) is 54.4 Å². The van der Waals surface area contributed by atoms with Gasteiger partial charge >= 0.3 is 0 Å². The molecule has 1 aliphatic rings. The minimum absolute atomic E-state index is 0.0475. The maximum absolute atomic E-state index is 10.4. The van der Waals surface area contributed by atoms with Gasteiger partial charge in [-0.3, -0.25) is 9.69 Å². The van der Waals surface area contributed by atoms with Crippen LogP contribution >= 0.6 is 0 Å². The van der Waals surface area contributed by atoms with Crippen molar-refractivity contribution in [3.8, 4) is 11.8 Å². The largest absolute Gasteiger partial charge is 0.511 e. The fourth-order valence-electron chi connectivity index (χ4n) is 3.84. The number of hydrogen-bond acceptors (Lipinski definition) is 5. The Balaban J connectivity index is 1.63. The Hall–Kier alpha value is -3.40. The summed E-state index contributed by atoms with van der Waals surface area (Å²) in [7, 11) is 0. The minimum Gasteiger partial charge on any atom is -0.511 e. The average molecular weight is 446 g/mol. The molecule has 0 aliphatic carbocycles. The molecule has 1 saturated heterocycles. The van der Waals surface area contributed by atoms with E-state index in [0.717, 1.165) is 23.2 Å². The van der Waals surface area contributed by atoms with Crippen LogP contribution in [0.4, 0.5) is 0 Å². The first kappa shape index (κ1) is 24.2. The van der Waals surface area contributed by atoms with Crippen molar-refractivity contribution >= 4 is 12.7 Å². The van der Waals surface area contributed by atoms with E-state index in [0.29, 0.717) is 18.5 Å². The molecule has 1 fully saturated rings. The lowest BCUT2D eigenvalue weighted by molar-refractivity contribution is -0.108.